The first-order valence-electron chi connectivity index (χ1n) is 6.44. The number of hydrogen-bond donors (Lipinski definition) is 2. The van der Waals surface area contributed by atoms with Crippen molar-refractivity contribution >= 4 is 29.0 Å². The van der Waals surface area contributed by atoms with Crippen LogP contribution < -0.4 is 20.1 Å². The highest BCUT2D eigenvalue weighted by Crippen LogP contribution is 2.32. The third-order valence-electron chi connectivity index (χ3n) is 2.88. The van der Waals surface area contributed by atoms with Crippen molar-refractivity contribution in [1.82, 2.24) is 0 Å². The Kier molecular flexibility index (Phi) is 3.83. The van der Waals surface area contributed by atoms with Crippen LogP contribution in [0.3, 0.4) is 0 Å². The Balaban J connectivity index is 1.67. The predicted octanol–water partition coefficient (Wildman–Crippen LogP) is 3.76. The summed E-state index contributed by atoms with van der Waals surface area (Å²) in [6, 6.07) is 11.8. The molecule has 0 radical (unpaired) electrons. The standard InChI is InChI=1S/C15H13ClN2O3/c16-10-2-1-3-11(8-10)17-15(19)18-12-4-5-13-14(9-12)21-7-6-20-13/h1-5,8-9H,6-7H2,(H2,17,18,19). The monoisotopic (exact) mass is 304 g/mol. The highest BCUT2D eigenvalue weighted by atomic mass is 35.5. The Morgan fingerprint density at radius 3 is 2.43 bits per heavy atom. The van der Waals surface area contributed by atoms with Gasteiger partial charge >= 0.3 is 6.03 Å². The van der Waals surface area contributed by atoms with Gasteiger partial charge in [-0.25, -0.2) is 4.79 Å². The molecule has 2 amide bonds. The molecule has 1 aliphatic heterocycles. The van der Waals surface area contributed by atoms with Gasteiger partial charge in [-0.1, -0.05) is 17.7 Å². The smallest absolute Gasteiger partial charge is 0.323 e. The van der Waals surface area contributed by atoms with Crippen LogP contribution in [-0.2, 0) is 0 Å². The summed E-state index contributed by atoms with van der Waals surface area (Å²) in [4.78, 5) is 11.9. The van der Waals surface area contributed by atoms with E-state index in [1.165, 1.54) is 0 Å². The number of hydrogen-bond acceptors (Lipinski definition) is 3. The molecule has 21 heavy (non-hydrogen) atoms. The first kappa shape index (κ1) is 13.6. The lowest BCUT2D eigenvalue weighted by Gasteiger charge is -2.19. The van der Waals surface area contributed by atoms with Gasteiger partial charge in [0.15, 0.2) is 11.5 Å². The molecule has 0 aromatic heterocycles. The van der Waals surface area contributed by atoms with Gasteiger partial charge in [-0.2, -0.15) is 0 Å². The van der Waals surface area contributed by atoms with Gasteiger partial charge in [0.1, 0.15) is 13.2 Å². The van der Waals surface area contributed by atoms with E-state index >= 15 is 0 Å². The minimum atomic E-state index is -0.353. The number of ether oxygens (including phenoxy) is 2. The van der Waals surface area contributed by atoms with Crippen molar-refractivity contribution in [3.8, 4) is 11.5 Å². The van der Waals surface area contributed by atoms with Crippen LogP contribution in [-0.4, -0.2) is 19.2 Å². The maximum Gasteiger partial charge on any atom is 0.323 e. The minimum absolute atomic E-state index is 0.353. The van der Waals surface area contributed by atoms with E-state index in [4.69, 9.17) is 21.1 Å². The molecule has 0 saturated heterocycles. The normalized spacial score (nSPS) is 12.6. The summed E-state index contributed by atoms with van der Waals surface area (Å²) < 4.78 is 10.9. The average molecular weight is 305 g/mol. The highest BCUT2D eigenvalue weighted by Gasteiger charge is 2.12. The third kappa shape index (κ3) is 3.38. The number of benzene rings is 2. The largest absolute Gasteiger partial charge is 0.486 e. The van der Waals surface area contributed by atoms with E-state index in [2.05, 4.69) is 10.6 Å². The lowest BCUT2D eigenvalue weighted by atomic mass is 10.2. The summed E-state index contributed by atoms with van der Waals surface area (Å²) in [5, 5.41) is 6.00. The summed E-state index contributed by atoms with van der Waals surface area (Å²) >= 11 is 5.87. The van der Waals surface area contributed by atoms with Gasteiger partial charge in [-0.05, 0) is 30.3 Å². The fourth-order valence-electron chi connectivity index (χ4n) is 1.98. The van der Waals surface area contributed by atoms with Gasteiger partial charge in [0, 0.05) is 22.5 Å². The van der Waals surface area contributed by atoms with Crippen molar-refractivity contribution < 1.29 is 14.3 Å². The molecule has 1 aliphatic rings. The van der Waals surface area contributed by atoms with E-state index in [0.29, 0.717) is 41.1 Å². The van der Waals surface area contributed by atoms with Crippen LogP contribution in [0.1, 0.15) is 0 Å². The van der Waals surface area contributed by atoms with E-state index in [1.54, 1.807) is 42.5 Å². The molecule has 0 saturated carbocycles. The molecule has 108 valence electrons. The number of carbonyl (C=O) groups is 1. The van der Waals surface area contributed by atoms with Crippen LogP contribution in [0.5, 0.6) is 11.5 Å². The quantitative estimate of drug-likeness (QED) is 0.888. The lowest BCUT2D eigenvalue weighted by molar-refractivity contribution is 0.171. The molecule has 0 unspecified atom stereocenters. The summed E-state index contributed by atoms with van der Waals surface area (Å²) in [5.74, 6) is 1.31. The van der Waals surface area contributed by atoms with Crippen LogP contribution >= 0.6 is 11.6 Å². The van der Waals surface area contributed by atoms with Gasteiger partial charge in [0.25, 0.3) is 0 Å². The number of halogens is 1. The van der Waals surface area contributed by atoms with Crippen LogP contribution in [0.15, 0.2) is 42.5 Å². The van der Waals surface area contributed by atoms with Crippen LogP contribution in [0.4, 0.5) is 16.2 Å². The second kappa shape index (κ2) is 5.93. The van der Waals surface area contributed by atoms with Crippen molar-refractivity contribution in [2.45, 2.75) is 0 Å². The lowest BCUT2D eigenvalue weighted by Crippen LogP contribution is -2.20. The van der Waals surface area contributed by atoms with Crippen molar-refractivity contribution in [2.24, 2.45) is 0 Å². The Hall–Kier alpha value is -2.40. The number of carbonyl (C=O) groups excluding carboxylic acids is 1. The summed E-state index contributed by atoms with van der Waals surface area (Å²) in [6.07, 6.45) is 0. The average Bonchev–Trinajstić information content (AvgIpc) is 2.47. The van der Waals surface area contributed by atoms with E-state index in [1.807, 2.05) is 0 Å². The Labute approximate surface area is 126 Å². The van der Waals surface area contributed by atoms with Gasteiger partial charge in [0.05, 0.1) is 0 Å². The summed E-state index contributed by atoms with van der Waals surface area (Å²) in [7, 11) is 0. The molecule has 2 aromatic carbocycles. The van der Waals surface area contributed by atoms with E-state index in [0.717, 1.165) is 0 Å². The zero-order chi connectivity index (χ0) is 14.7. The van der Waals surface area contributed by atoms with Crippen molar-refractivity contribution in [3.05, 3.63) is 47.5 Å². The molecule has 0 atom stereocenters. The van der Waals surface area contributed by atoms with E-state index in [-0.39, 0.29) is 6.03 Å². The highest BCUT2D eigenvalue weighted by molar-refractivity contribution is 6.30. The van der Waals surface area contributed by atoms with Crippen molar-refractivity contribution in [3.63, 3.8) is 0 Å². The second-order valence-corrected chi connectivity index (χ2v) is 4.88. The van der Waals surface area contributed by atoms with Crippen LogP contribution in [0.25, 0.3) is 0 Å². The van der Waals surface area contributed by atoms with Gasteiger partial charge in [-0.15, -0.1) is 0 Å². The number of rotatable bonds is 2. The Morgan fingerprint density at radius 1 is 0.952 bits per heavy atom. The summed E-state index contributed by atoms with van der Waals surface area (Å²) in [6.45, 7) is 1.04. The topological polar surface area (TPSA) is 59.6 Å². The van der Waals surface area contributed by atoms with Crippen LogP contribution in [0, 0.1) is 0 Å². The fraction of sp³-hybridized carbons (Fsp3) is 0.133. The Morgan fingerprint density at radius 2 is 1.67 bits per heavy atom. The van der Waals surface area contributed by atoms with Crippen LogP contribution in [0.2, 0.25) is 5.02 Å². The molecule has 5 nitrogen and oxygen atoms in total. The first-order valence-corrected chi connectivity index (χ1v) is 6.82. The predicted molar refractivity (Wildman–Crippen MR) is 81.5 cm³/mol. The van der Waals surface area contributed by atoms with Gasteiger partial charge < -0.3 is 20.1 Å². The molecule has 0 spiro atoms. The van der Waals surface area contributed by atoms with Gasteiger partial charge in [0.2, 0.25) is 0 Å². The Bertz CT molecular complexity index is 676. The fourth-order valence-corrected chi connectivity index (χ4v) is 2.17. The molecule has 0 aliphatic carbocycles. The molecule has 6 heteroatoms. The molecular formula is C15H13ClN2O3. The SMILES string of the molecule is O=C(Nc1cccc(Cl)c1)Nc1ccc2c(c1)OCCO2. The van der Waals surface area contributed by atoms with Crippen molar-refractivity contribution in [2.75, 3.05) is 23.8 Å². The van der Waals surface area contributed by atoms with E-state index in [9.17, 15) is 4.79 Å². The molecular weight excluding hydrogens is 292 g/mol. The maximum absolute atomic E-state index is 11.9. The van der Waals surface area contributed by atoms with Gasteiger partial charge in [-0.3, -0.25) is 0 Å². The number of anilines is 2. The minimum Gasteiger partial charge on any atom is -0.486 e. The number of fused-ring (bicyclic) bond motifs is 1. The third-order valence-corrected chi connectivity index (χ3v) is 3.12. The first-order chi connectivity index (χ1) is 10.2. The van der Waals surface area contributed by atoms with Crippen molar-refractivity contribution in [1.29, 1.82) is 0 Å². The number of urea groups is 1. The molecule has 3 rings (SSSR count). The molecule has 0 bridgehead atoms. The molecule has 2 N–H and O–H groups in total. The maximum atomic E-state index is 11.9. The number of nitrogens with one attached hydrogen (secondary N) is 2. The van der Waals surface area contributed by atoms with E-state index < -0.39 is 0 Å². The zero-order valence-electron chi connectivity index (χ0n) is 11.1. The molecule has 1 heterocycles. The summed E-state index contributed by atoms with van der Waals surface area (Å²) in [5.41, 5.74) is 1.25. The second-order valence-electron chi connectivity index (χ2n) is 4.45. The molecule has 0 fully saturated rings. The molecule has 2 aromatic rings. The zero-order valence-corrected chi connectivity index (χ0v) is 11.8. The number of amides is 2.